The maximum absolute atomic E-state index is 14.5. The van der Waals surface area contributed by atoms with Crippen molar-refractivity contribution in [3.63, 3.8) is 0 Å². The fraction of sp³-hybridized carbons (Fsp3) is 0.263. The zero-order valence-electron chi connectivity index (χ0n) is 13.9. The van der Waals surface area contributed by atoms with Gasteiger partial charge in [-0.15, -0.1) is 0 Å². The minimum Gasteiger partial charge on any atom is -0.497 e. The van der Waals surface area contributed by atoms with Crippen molar-refractivity contribution in [2.75, 3.05) is 13.7 Å². The van der Waals surface area contributed by atoms with Crippen LogP contribution in [-0.2, 0) is 4.79 Å². The Labute approximate surface area is 145 Å². The molecule has 2 aromatic carbocycles. The van der Waals surface area contributed by atoms with Crippen LogP contribution in [0.25, 0.3) is 11.1 Å². The minimum absolute atomic E-state index is 0.0505. The molecule has 1 heterocycles. The summed E-state index contributed by atoms with van der Waals surface area (Å²) < 4.78 is 19.6. The Morgan fingerprint density at radius 1 is 1.16 bits per heavy atom. The maximum atomic E-state index is 14.5. The molecule has 25 heavy (non-hydrogen) atoms. The summed E-state index contributed by atoms with van der Waals surface area (Å²) in [6, 6.07) is 11.0. The molecular formula is C19H19FN2O3. The molecule has 0 bridgehead atoms. The lowest BCUT2D eigenvalue weighted by Gasteiger charge is -2.22. The van der Waals surface area contributed by atoms with Crippen LogP contribution < -0.4 is 10.5 Å². The number of hydrogen-bond donors (Lipinski definition) is 1. The van der Waals surface area contributed by atoms with Gasteiger partial charge in [0.05, 0.1) is 12.7 Å². The zero-order valence-corrected chi connectivity index (χ0v) is 13.9. The first-order valence-corrected chi connectivity index (χ1v) is 8.05. The Balaban J connectivity index is 1.86. The molecule has 0 unspecified atom stereocenters. The van der Waals surface area contributed by atoms with E-state index in [1.165, 1.54) is 17.0 Å². The van der Waals surface area contributed by atoms with Crippen LogP contribution in [0.5, 0.6) is 5.75 Å². The molecule has 0 spiro atoms. The first-order chi connectivity index (χ1) is 12.0. The molecule has 2 amide bonds. The number of rotatable bonds is 4. The van der Waals surface area contributed by atoms with E-state index in [0.717, 1.165) is 5.56 Å². The number of benzene rings is 2. The molecule has 1 fully saturated rings. The monoisotopic (exact) mass is 342 g/mol. The van der Waals surface area contributed by atoms with Crippen molar-refractivity contribution in [2.24, 2.45) is 5.73 Å². The van der Waals surface area contributed by atoms with E-state index in [0.29, 0.717) is 30.7 Å². The van der Waals surface area contributed by atoms with Gasteiger partial charge in [-0.2, -0.15) is 0 Å². The molecule has 6 heteroatoms. The number of carbonyl (C=O) groups is 2. The summed E-state index contributed by atoms with van der Waals surface area (Å²) in [5.41, 5.74) is 6.75. The molecule has 0 aromatic heterocycles. The molecule has 0 radical (unpaired) electrons. The molecule has 1 saturated heterocycles. The summed E-state index contributed by atoms with van der Waals surface area (Å²) in [6.07, 6.45) is 1.21. The average molecular weight is 342 g/mol. The third kappa shape index (κ3) is 3.33. The van der Waals surface area contributed by atoms with Crippen LogP contribution in [-0.4, -0.2) is 36.4 Å². The van der Waals surface area contributed by atoms with E-state index in [2.05, 4.69) is 0 Å². The highest BCUT2D eigenvalue weighted by atomic mass is 19.1. The summed E-state index contributed by atoms with van der Waals surface area (Å²) in [4.78, 5) is 25.4. The quantitative estimate of drug-likeness (QED) is 0.928. The van der Waals surface area contributed by atoms with Gasteiger partial charge in [0.25, 0.3) is 5.91 Å². The van der Waals surface area contributed by atoms with Crippen molar-refractivity contribution in [3.8, 4) is 16.9 Å². The van der Waals surface area contributed by atoms with Crippen LogP contribution in [0, 0.1) is 5.82 Å². The van der Waals surface area contributed by atoms with Crippen LogP contribution in [0.1, 0.15) is 23.2 Å². The van der Waals surface area contributed by atoms with Crippen LogP contribution in [0.2, 0.25) is 0 Å². The molecule has 1 atom stereocenters. The molecule has 5 nitrogen and oxygen atoms in total. The largest absolute Gasteiger partial charge is 0.497 e. The van der Waals surface area contributed by atoms with Gasteiger partial charge in [0.1, 0.15) is 17.6 Å². The van der Waals surface area contributed by atoms with Gasteiger partial charge in [-0.3, -0.25) is 9.59 Å². The number of nitrogens with two attached hydrogens (primary N) is 1. The second-order valence-corrected chi connectivity index (χ2v) is 5.98. The van der Waals surface area contributed by atoms with Crippen molar-refractivity contribution in [1.29, 1.82) is 0 Å². The Hall–Kier alpha value is -2.89. The number of ether oxygens (including phenoxy) is 1. The number of nitrogens with zero attached hydrogens (tertiary/aromatic N) is 1. The summed E-state index contributed by atoms with van der Waals surface area (Å²) in [5, 5.41) is 0. The Morgan fingerprint density at radius 2 is 1.84 bits per heavy atom. The molecule has 1 aliphatic heterocycles. The summed E-state index contributed by atoms with van der Waals surface area (Å²) in [6.45, 7) is 0.409. The predicted octanol–water partition coefficient (Wildman–Crippen LogP) is 2.59. The van der Waals surface area contributed by atoms with Crippen LogP contribution in [0.3, 0.4) is 0 Å². The molecule has 2 N–H and O–H groups in total. The molecular weight excluding hydrogens is 323 g/mol. The van der Waals surface area contributed by atoms with Crippen molar-refractivity contribution in [1.82, 2.24) is 4.90 Å². The average Bonchev–Trinajstić information content (AvgIpc) is 3.11. The zero-order chi connectivity index (χ0) is 18.0. The van der Waals surface area contributed by atoms with Gasteiger partial charge < -0.3 is 15.4 Å². The Kier molecular flexibility index (Phi) is 4.70. The smallest absolute Gasteiger partial charge is 0.257 e. The Morgan fingerprint density at radius 3 is 2.44 bits per heavy atom. The molecule has 1 aliphatic rings. The van der Waals surface area contributed by atoms with Crippen molar-refractivity contribution in [3.05, 3.63) is 53.8 Å². The van der Waals surface area contributed by atoms with Gasteiger partial charge in [-0.25, -0.2) is 4.39 Å². The van der Waals surface area contributed by atoms with Crippen LogP contribution in [0.15, 0.2) is 42.5 Å². The van der Waals surface area contributed by atoms with Gasteiger partial charge in [0.2, 0.25) is 5.91 Å². The SMILES string of the molecule is COc1ccc(-c2ccc(C(=O)N3CCC[C@H]3C(N)=O)c(F)c2)cc1. The second-order valence-electron chi connectivity index (χ2n) is 5.98. The van der Waals surface area contributed by atoms with E-state index < -0.39 is 23.7 Å². The Bertz CT molecular complexity index is 805. The highest BCUT2D eigenvalue weighted by Gasteiger charge is 2.34. The van der Waals surface area contributed by atoms with Gasteiger partial charge in [-0.05, 0) is 48.2 Å². The first-order valence-electron chi connectivity index (χ1n) is 8.05. The maximum Gasteiger partial charge on any atom is 0.257 e. The third-order valence-electron chi connectivity index (χ3n) is 4.46. The van der Waals surface area contributed by atoms with Crippen LogP contribution in [0.4, 0.5) is 4.39 Å². The van der Waals surface area contributed by atoms with E-state index in [1.54, 1.807) is 25.3 Å². The normalized spacial score (nSPS) is 16.7. The minimum atomic E-state index is -0.659. The number of halogens is 1. The van der Waals surface area contributed by atoms with Crippen molar-refractivity contribution in [2.45, 2.75) is 18.9 Å². The number of hydrogen-bond acceptors (Lipinski definition) is 3. The van der Waals surface area contributed by atoms with Crippen LogP contribution >= 0.6 is 0 Å². The number of likely N-dealkylation sites (tertiary alicyclic amines) is 1. The standard InChI is InChI=1S/C19H19FN2O3/c1-25-14-7-4-12(5-8-14)13-6-9-15(16(20)11-13)19(24)22-10-2-3-17(22)18(21)23/h4-9,11,17H,2-3,10H2,1H3,(H2,21,23)/t17-/m0/s1. The predicted molar refractivity (Wildman–Crippen MR) is 91.6 cm³/mol. The summed E-state index contributed by atoms with van der Waals surface area (Å²) in [7, 11) is 1.58. The molecule has 3 rings (SSSR count). The lowest BCUT2D eigenvalue weighted by atomic mass is 10.0. The fourth-order valence-electron chi connectivity index (χ4n) is 3.11. The third-order valence-corrected chi connectivity index (χ3v) is 4.46. The lowest BCUT2D eigenvalue weighted by molar-refractivity contribution is -0.121. The molecule has 130 valence electrons. The molecule has 0 saturated carbocycles. The van der Waals surface area contributed by atoms with Gasteiger partial charge >= 0.3 is 0 Å². The van der Waals surface area contributed by atoms with E-state index in [4.69, 9.17) is 10.5 Å². The van der Waals surface area contributed by atoms with Gasteiger partial charge in [0.15, 0.2) is 0 Å². The molecule has 2 aromatic rings. The highest BCUT2D eigenvalue weighted by molar-refractivity contribution is 5.98. The van der Waals surface area contributed by atoms with E-state index in [9.17, 15) is 14.0 Å². The highest BCUT2D eigenvalue weighted by Crippen LogP contribution is 2.26. The number of primary amides is 1. The number of methoxy groups -OCH3 is 1. The second kappa shape index (κ2) is 6.93. The van der Waals surface area contributed by atoms with Gasteiger partial charge in [-0.1, -0.05) is 18.2 Å². The van der Waals surface area contributed by atoms with Crippen molar-refractivity contribution < 1.29 is 18.7 Å². The fourth-order valence-corrected chi connectivity index (χ4v) is 3.11. The van der Waals surface area contributed by atoms with E-state index >= 15 is 0 Å². The summed E-state index contributed by atoms with van der Waals surface area (Å²) >= 11 is 0. The molecule has 0 aliphatic carbocycles. The summed E-state index contributed by atoms with van der Waals surface area (Å²) in [5.74, 6) is -0.961. The number of amides is 2. The number of carbonyl (C=O) groups excluding carboxylic acids is 2. The van der Waals surface area contributed by atoms with E-state index in [1.807, 2.05) is 12.1 Å². The first kappa shape index (κ1) is 17.0. The van der Waals surface area contributed by atoms with Gasteiger partial charge in [0, 0.05) is 6.54 Å². The van der Waals surface area contributed by atoms with E-state index in [-0.39, 0.29) is 5.56 Å². The van der Waals surface area contributed by atoms with Crippen molar-refractivity contribution >= 4 is 11.8 Å². The lowest BCUT2D eigenvalue weighted by Crippen LogP contribution is -2.43. The topological polar surface area (TPSA) is 72.6 Å².